The number of rotatable bonds is 2. The summed E-state index contributed by atoms with van der Waals surface area (Å²) in [7, 11) is 1.46. The smallest absolute Gasteiger partial charge is 0.172 e. The van der Waals surface area contributed by atoms with Gasteiger partial charge in [0.25, 0.3) is 0 Å². The third-order valence-corrected chi connectivity index (χ3v) is 2.20. The Morgan fingerprint density at radius 2 is 2.07 bits per heavy atom. The van der Waals surface area contributed by atoms with Crippen LogP contribution in [0.15, 0.2) is 42.5 Å². The van der Waals surface area contributed by atoms with Crippen LogP contribution in [0.4, 0.5) is 4.39 Å². The summed E-state index contributed by atoms with van der Waals surface area (Å²) in [5.41, 5.74) is 1.33. The van der Waals surface area contributed by atoms with Gasteiger partial charge in [-0.3, -0.25) is 0 Å². The molecule has 0 N–H and O–H groups in total. The molecule has 0 aliphatic rings. The van der Waals surface area contributed by atoms with E-state index >= 15 is 0 Å². The third-order valence-electron chi connectivity index (χ3n) is 2.20. The first-order valence-corrected chi connectivity index (χ1v) is 4.62. The molecule has 1 radical (unpaired) electrons. The van der Waals surface area contributed by atoms with E-state index in [1.807, 2.05) is 12.1 Å². The van der Waals surface area contributed by atoms with Gasteiger partial charge in [-0.2, -0.15) is 0 Å². The predicted octanol–water partition coefficient (Wildman–Crippen LogP) is 3.30. The fourth-order valence-corrected chi connectivity index (χ4v) is 1.45. The molecule has 0 saturated carbocycles. The summed E-state index contributed by atoms with van der Waals surface area (Å²) in [6.07, 6.45) is 0. The topological polar surface area (TPSA) is 9.23 Å². The Kier molecular flexibility index (Phi) is 2.68. The van der Waals surface area contributed by atoms with Gasteiger partial charge < -0.3 is 4.74 Å². The molecule has 0 aliphatic carbocycles. The highest BCUT2D eigenvalue weighted by molar-refractivity contribution is 5.65. The van der Waals surface area contributed by atoms with Gasteiger partial charge in [-0.05, 0) is 23.8 Å². The molecule has 0 fully saturated rings. The summed E-state index contributed by atoms with van der Waals surface area (Å²) >= 11 is 0. The van der Waals surface area contributed by atoms with Crippen molar-refractivity contribution in [3.63, 3.8) is 0 Å². The summed E-state index contributed by atoms with van der Waals surface area (Å²) in [5, 5.41) is 0. The summed E-state index contributed by atoms with van der Waals surface area (Å²) in [6.45, 7) is 0. The molecule has 15 heavy (non-hydrogen) atoms. The molecular weight excluding hydrogens is 191 g/mol. The average Bonchev–Trinajstić information content (AvgIpc) is 2.30. The van der Waals surface area contributed by atoms with Crippen LogP contribution in [-0.2, 0) is 0 Å². The van der Waals surface area contributed by atoms with Gasteiger partial charge >= 0.3 is 0 Å². The lowest BCUT2D eigenvalue weighted by atomic mass is 10.1. The summed E-state index contributed by atoms with van der Waals surface area (Å²) < 4.78 is 18.7. The molecule has 2 aromatic rings. The van der Waals surface area contributed by atoms with E-state index in [4.69, 9.17) is 4.74 Å². The minimum absolute atomic E-state index is 0.261. The number of ether oxygens (including phenoxy) is 1. The molecule has 0 bridgehead atoms. The van der Waals surface area contributed by atoms with Crippen molar-refractivity contribution < 1.29 is 9.13 Å². The molecule has 0 atom stereocenters. The zero-order valence-electron chi connectivity index (χ0n) is 8.33. The molecule has 75 valence electrons. The van der Waals surface area contributed by atoms with Crippen LogP contribution in [0, 0.1) is 11.9 Å². The standard InChI is InChI=1S/C13H10FO/c1-15-12-9-5-8-11(13(12)14)10-6-3-2-4-7-10/h2-3,5-9H,1H3. The Labute approximate surface area is 88.1 Å². The van der Waals surface area contributed by atoms with E-state index < -0.39 is 0 Å². The lowest BCUT2D eigenvalue weighted by Crippen LogP contribution is -1.90. The van der Waals surface area contributed by atoms with Crippen molar-refractivity contribution in [2.75, 3.05) is 7.11 Å². The van der Waals surface area contributed by atoms with E-state index in [2.05, 4.69) is 6.07 Å². The first-order chi connectivity index (χ1) is 7.33. The Morgan fingerprint density at radius 3 is 2.73 bits per heavy atom. The maximum Gasteiger partial charge on any atom is 0.172 e. The Balaban J connectivity index is 2.54. The van der Waals surface area contributed by atoms with Crippen molar-refractivity contribution in [3.05, 3.63) is 54.3 Å². The second-order valence-electron chi connectivity index (χ2n) is 3.11. The Hall–Kier alpha value is -1.83. The van der Waals surface area contributed by atoms with Crippen LogP contribution in [-0.4, -0.2) is 7.11 Å². The Morgan fingerprint density at radius 1 is 1.20 bits per heavy atom. The third kappa shape index (κ3) is 1.84. The zero-order valence-corrected chi connectivity index (χ0v) is 8.33. The van der Waals surface area contributed by atoms with E-state index in [0.29, 0.717) is 5.56 Å². The highest BCUT2D eigenvalue weighted by atomic mass is 19.1. The minimum Gasteiger partial charge on any atom is -0.494 e. The van der Waals surface area contributed by atoms with E-state index in [-0.39, 0.29) is 11.6 Å². The van der Waals surface area contributed by atoms with Gasteiger partial charge in [-0.15, -0.1) is 0 Å². The second-order valence-corrected chi connectivity index (χ2v) is 3.11. The number of methoxy groups -OCH3 is 1. The first-order valence-electron chi connectivity index (χ1n) is 4.62. The van der Waals surface area contributed by atoms with Gasteiger partial charge in [0.05, 0.1) is 7.11 Å². The molecule has 0 saturated heterocycles. The second kappa shape index (κ2) is 4.13. The lowest BCUT2D eigenvalue weighted by molar-refractivity contribution is 0.387. The number of hydrogen-bond acceptors (Lipinski definition) is 1. The van der Waals surface area contributed by atoms with Gasteiger partial charge in [0, 0.05) is 5.56 Å². The van der Waals surface area contributed by atoms with E-state index in [9.17, 15) is 4.39 Å². The largest absolute Gasteiger partial charge is 0.494 e. The van der Waals surface area contributed by atoms with Crippen LogP contribution >= 0.6 is 0 Å². The van der Waals surface area contributed by atoms with Gasteiger partial charge in [0.15, 0.2) is 11.6 Å². The summed E-state index contributed by atoms with van der Waals surface area (Å²) in [4.78, 5) is 0. The van der Waals surface area contributed by atoms with Crippen molar-refractivity contribution in [1.82, 2.24) is 0 Å². The molecule has 2 aromatic carbocycles. The van der Waals surface area contributed by atoms with Crippen LogP contribution in [0.3, 0.4) is 0 Å². The van der Waals surface area contributed by atoms with Gasteiger partial charge in [0.1, 0.15) is 0 Å². The summed E-state index contributed by atoms with van der Waals surface area (Å²) in [6, 6.07) is 15.2. The number of halogens is 1. The fourth-order valence-electron chi connectivity index (χ4n) is 1.45. The van der Waals surface area contributed by atoms with Crippen LogP contribution in [0.5, 0.6) is 5.75 Å². The highest BCUT2D eigenvalue weighted by Crippen LogP contribution is 2.28. The molecule has 0 aliphatic heterocycles. The molecule has 0 amide bonds. The molecule has 0 heterocycles. The number of benzene rings is 2. The van der Waals surface area contributed by atoms with Crippen molar-refractivity contribution in [1.29, 1.82) is 0 Å². The first kappa shape index (κ1) is 9.71. The van der Waals surface area contributed by atoms with Gasteiger partial charge in [-0.25, -0.2) is 4.39 Å². The van der Waals surface area contributed by atoms with Crippen LogP contribution in [0.1, 0.15) is 0 Å². The quantitative estimate of drug-likeness (QED) is 0.724. The van der Waals surface area contributed by atoms with Crippen molar-refractivity contribution in [3.8, 4) is 16.9 Å². The average molecular weight is 201 g/mol. The van der Waals surface area contributed by atoms with Crippen LogP contribution in [0.25, 0.3) is 11.1 Å². The highest BCUT2D eigenvalue weighted by Gasteiger charge is 2.09. The van der Waals surface area contributed by atoms with Gasteiger partial charge in [-0.1, -0.05) is 30.3 Å². The Bertz CT molecular complexity index is 451. The molecular formula is C13H10FO. The molecule has 2 rings (SSSR count). The normalized spacial score (nSPS) is 10.0. The molecule has 0 unspecified atom stereocenters. The maximum absolute atomic E-state index is 13.8. The molecule has 2 heteroatoms. The maximum atomic E-state index is 13.8. The molecule has 0 spiro atoms. The van der Waals surface area contributed by atoms with Crippen molar-refractivity contribution in [2.24, 2.45) is 0 Å². The van der Waals surface area contributed by atoms with Gasteiger partial charge in [0.2, 0.25) is 0 Å². The summed E-state index contributed by atoms with van der Waals surface area (Å²) in [5.74, 6) is -0.0732. The van der Waals surface area contributed by atoms with E-state index in [0.717, 1.165) is 5.56 Å². The lowest BCUT2D eigenvalue weighted by Gasteiger charge is -2.06. The molecule has 1 nitrogen and oxygen atoms in total. The predicted molar refractivity (Wildman–Crippen MR) is 57.2 cm³/mol. The molecule has 0 aromatic heterocycles. The van der Waals surface area contributed by atoms with Crippen molar-refractivity contribution in [2.45, 2.75) is 0 Å². The number of hydrogen-bond donors (Lipinski definition) is 0. The zero-order chi connectivity index (χ0) is 10.7. The SMILES string of the molecule is COc1cccc(-c2c[c]ccc2)c1F. The van der Waals surface area contributed by atoms with Crippen molar-refractivity contribution >= 4 is 0 Å². The van der Waals surface area contributed by atoms with E-state index in [1.54, 1.807) is 30.3 Å². The minimum atomic E-state index is -0.334. The van der Waals surface area contributed by atoms with Crippen LogP contribution in [0.2, 0.25) is 0 Å². The van der Waals surface area contributed by atoms with E-state index in [1.165, 1.54) is 7.11 Å². The fraction of sp³-hybridized carbons (Fsp3) is 0.0769. The van der Waals surface area contributed by atoms with Crippen LogP contribution < -0.4 is 4.74 Å². The monoisotopic (exact) mass is 201 g/mol.